The Kier molecular flexibility index (Phi) is 2.80. The van der Waals surface area contributed by atoms with Crippen molar-refractivity contribution in [1.29, 1.82) is 0 Å². The van der Waals surface area contributed by atoms with Crippen LogP contribution in [0.4, 0.5) is 0 Å². The lowest BCUT2D eigenvalue weighted by Crippen LogP contribution is -2.03. The second-order valence-corrected chi connectivity index (χ2v) is 6.00. The third-order valence-electron chi connectivity index (χ3n) is 4.14. The van der Waals surface area contributed by atoms with Crippen LogP contribution in [-0.2, 0) is 6.54 Å². The molecule has 7 heteroatoms. The predicted octanol–water partition coefficient (Wildman–Crippen LogP) is 3.21. The monoisotopic (exact) mass is 334 g/mol. The minimum Gasteiger partial charge on any atom is -0.340 e. The van der Waals surface area contributed by atoms with Crippen molar-refractivity contribution >= 4 is 11.6 Å². The van der Waals surface area contributed by atoms with Crippen LogP contribution in [-0.4, -0.2) is 29.3 Å². The molecule has 1 aromatic carbocycles. The van der Waals surface area contributed by atoms with E-state index in [1.165, 1.54) is 0 Å². The third-order valence-corrected chi connectivity index (χ3v) is 4.38. The molecular weight excluding hydrogens is 324 g/mol. The van der Waals surface area contributed by atoms with E-state index in [1.807, 2.05) is 41.1 Å². The Labute approximate surface area is 142 Å². The first-order valence-electron chi connectivity index (χ1n) is 7.47. The van der Waals surface area contributed by atoms with Crippen molar-refractivity contribution in [3.05, 3.63) is 65.7 Å². The van der Waals surface area contributed by atoms with E-state index in [9.17, 15) is 0 Å². The molecule has 116 valence electrons. The summed E-state index contributed by atoms with van der Waals surface area (Å²) in [7, 11) is 0. The van der Waals surface area contributed by atoms with Gasteiger partial charge >= 0.3 is 0 Å². The number of fused-ring (bicyclic) bond motifs is 5. The van der Waals surface area contributed by atoms with Gasteiger partial charge in [0.1, 0.15) is 5.69 Å². The van der Waals surface area contributed by atoms with Crippen molar-refractivity contribution in [2.45, 2.75) is 6.54 Å². The zero-order valence-electron chi connectivity index (χ0n) is 12.5. The van der Waals surface area contributed by atoms with Crippen molar-refractivity contribution in [2.75, 3.05) is 0 Å². The first kappa shape index (κ1) is 13.4. The lowest BCUT2D eigenvalue weighted by Gasteiger charge is -2.11. The van der Waals surface area contributed by atoms with Crippen LogP contribution in [0.25, 0.3) is 28.7 Å². The van der Waals surface area contributed by atoms with Gasteiger partial charge in [-0.15, -0.1) is 10.2 Å². The summed E-state index contributed by atoms with van der Waals surface area (Å²) >= 11 is 6.26. The summed E-state index contributed by atoms with van der Waals surface area (Å²) in [5.74, 6) is 1.41. The summed E-state index contributed by atoms with van der Waals surface area (Å²) in [6.07, 6.45) is 7.01. The van der Waals surface area contributed by atoms with Gasteiger partial charge in [0.25, 0.3) is 0 Å². The Hall–Kier alpha value is -2.99. The summed E-state index contributed by atoms with van der Waals surface area (Å²) in [6.45, 7) is 0.748. The summed E-state index contributed by atoms with van der Waals surface area (Å²) in [4.78, 5) is 8.52. The molecule has 4 heterocycles. The van der Waals surface area contributed by atoms with Crippen molar-refractivity contribution in [3.8, 4) is 28.7 Å². The molecule has 6 nitrogen and oxygen atoms in total. The molecule has 0 saturated carbocycles. The van der Waals surface area contributed by atoms with Gasteiger partial charge in [-0.2, -0.15) is 0 Å². The van der Waals surface area contributed by atoms with Gasteiger partial charge in [-0.05, 0) is 29.8 Å². The molecule has 3 aromatic heterocycles. The molecule has 4 aromatic rings. The first-order valence-corrected chi connectivity index (χ1v) is 7.85. The maximum absolute atomic E-state index is 6.26. The van der Waals surface area contributed by atoms with Crippen molar-refractivity contribution in [2.24, 2.45) is 0 Å². The van der Waals surface area contributed by atoms with Gasteiger partial charge in [-0.1, -0.05) is 17.7 Å². The molecule has 5 rings (SSSR count). The van der Waals surface area contributed by atoms with E-state index < -0.39 is 0 Å². The molecule has 0 bridgehead atoms. The predicted molar refractivity (Wildman–Crippen MR) is 89.9 cm³/mol. The minimum atomic E-state index is 0.649. The number of hydrogen-bond donors (Lipinski definition) is 0. The van der Waals surface area contributed by atoms with Crippen LogP contribution in [0.15, 0.2) is 55.1 Å². The van der Waals surface area contributed by atoms with Gasteiger partial charge in [-0.3, -0.25) is 9.55 Å². The van der Waals surface area contributed by atoms with Gasteiger partial charge in [-0.25, -0.2) is 4.98 Å². The fourth-order valence-electron chi connectivity index (χ4n) is 3.08. The van der Waals surface area contributed by atoms with E-state index >= 15 is 0 Å². The maximum atomic E-state index is 6.26. The maximum Gasteiger partial charge on any atom is 0.189 e. The number of hydrogen-bond acceptors (Lipinski definition) is 4. The molecule has 0 saturated heterocycles. The van der Waals surface area contributed by atoms with Crippen LogP contribution in [0.3, 0.4) is 0 Å². The first-order chi connectivity index (χ1) is 11.8. The van der Waals surface area contributed by atoms with Crippen molar-refractivity contribution in [1.82, 2.24) is 29.3 Å². The van der Waals surface area contributed by atoms with Gasteiger partial charge in [0, 0.05) is 30.2 Å². The summed E-state index contributed by atoms with van der Waals surface area (Å²) in [6, 6.07) is 9.93. The lowest BCUT2D eigenvalue weighted by atomic mass is 10.1. The molecule has 24 heavy (non-hydrogen) atoms. The van der Waals surface area contributed by atoms with E-state index in [1.54, 1.807) is 18.6 Å². The topological polar surface area (TPSA) is 61.4 Å². The quantitative estimate of drug-likeness (QED) is 0.472. The highest BCUT2D eigenvalue weighted by atomic mass is 35.5. The highest BCUT2D eigenvalue weighted by molar-refractivity contribution is 6.30. The Bertz CT molecular complexity index is 1050. The van der Waals surface area contributed by atoms with E-state index in [2.05, 4.69) is 24.7 Å². The average molecular weight is 335 g/mol. The van der Waals surface area contributed by atoms with E-state index in [0.29, 0.717) is 16.5 Å². The van der Waals surface area contributed by atoms with Crippen molar-refractivity contribution < 1.29 is 0 Å². The van der Waals surface area contributed by atoms with Crippen LogP contribution in [0, 0.1) is 0 Å². The Morgan fingerprint density at radius 1 is 1.04 bits per heavy atom. The molecule has 1 aliphatic heterocycles. The van der Waals surface area contributed by atoms with Gasteiger partial charge in [0.2, 0.25) is 0 Å². The SMILES string of the molecule is Clc1ccc2c(c1)-n1c(-c3cnccn3)nnc1-c1cccn1C2. The number of aromatic nitrogens is 6. The zero-order chi connectivity index (χ0) is 16.1. The fraction of sp³-hybridized carbons (Fsp3) is 0.0588. The smallest absolute Gasteiger partial charge is 0.189 e. The second-order valence-electron chi connectivity index (χ2n) is 5.57. The van der Waals surface area contributed by atoms with Crippen LogP contribution in [0.2, 0.25) is 5.02 Å². The Balaban J connectivity index is 1.88. The van der Waals surface area contributed by atoms with E-state index in [0.717, 1.165) is 29.3 Å². The third kappa shape index (κ3) is 1.90. The highest BCUT2D eigenvalue weighted by Gasteiger charge is 2.25. The molecule has 1 aliphatic rings. The molecule has 0 N–H and O–H groups in total. The second kappa shape index (κ2) is 5.01. The average Bonchev–Trinajstić information content (AvgIpc) is 3.21. The molecule has 0 spiro atoms. The van der Waals surface area contributed by atoms with Crippen LogP contribution in [0.1, 0.15) is 5.56 Å². The minimum absolute atomic E-state index is 0.649. The van der Waals surface area contributed by atoms with Gasteiger partial charge in [0.15, 0.2) is 11.6 Å². The molecule has 0 atom stereocenters. The molecule has 0 aliphatic carbocycles. The molecule has 0 fully saturated rings. The van der Waals surface area contributed by atoms with Gasteiger partial charge in [0.05, 0.1) is 17.6 Å². The van der Waals surface area contributed by atoms with E-state index in [-0.39, 0.29) is 0 Å². The summed E-state index contributed by atoms with van der Waals surface area (Å²) in [5.41, 5.74) is 3.78. The lowest BCUT2D eigenvalue weighted by molar-refractivity contribution is 0.816. The fourth-order valence-corrected chi connectivity index (χ4v) is 3.24. The van der Waals surface area contributed by atoms with Crippen LogP contribution in [0.5, 0.6) is 0 Å². The summed E-state index contributed by atoms with van der Waals surface area (Å²) < 4.78 is 4.16. The number of nitrogens with zero attached hydrogens (tertiary/aromatic N) is 6. The molecular formula is C17H11ClN6. The largest absolute Gasteiger partial charge is 0.340 e. The standard InChI is InChI=1S/C17H11ClN6/c18-12-4-3-11-10-23-7-1-2-14(23)17-22-21-16(24(17)15(11)8-12)13-9-19-5-6-20-13/h1-9H,10H2. The highest BCUT2D eigenvalue weighted by Crippen LogP contribution is 2.34. The Morgan fingerprint density at radius 3 is 2.83 bits per heavy atom. The Morgan fingerprint density at radius 2 is 1.96 bits per heavy atom. The van der Waals surface area contributed by atoms with Crippen LogP contribution >= 0.6 is 11.6 Å². The number of rotatable bonds is 1. The zero-order valence-corrected chi connectivity index (χ0v) is 13.2. The molecule has 0 unspecified atom stereocenters. The molecule has 0 amide bonds. The van der Waals surface area contributed by atoms with Crippen LogP contribution < -0.4 is 0 Å². The molecule has 0 radical (unpaired) electrons. The van der Waals surface area contributed by atoms with Crippen molar-refractivity contribution in [3.63, 3.8) is 0 Å². The van der Waals surface area contributed by atoms with E-state index in [4.69, 9.17) is 11.6 Å². The normalized spacial score (nSPS) is 12.2. The van der Waals surface area contributed by atoms with Gasteiger partial charge < -0.3 is 4.57 Å². The summed E-state index contributed by atoms with van der Waals surface area (Å²) in [5, 5.41) is 9.46. The number of halogens is 1. The number of benzene rings is 1.